The van der Waals surface area contributed by atoms with Crippen LogP contribution in [-0.4, -0.2) is 10.5 Å². The number of nitrogens with two attached hydrogens (primary N) is 1. The van der Waals surface area contributed by atoms with Gasteiger partial charge in [-0.3, -0.25) is 4.98 Å². The summed E-state index contributed by atoms with van der Waals surface area (Å²) in [6.45, 7) is 6.58. The van der Waals surface area contributed by atoms with E-state index in [1.165, 1.54) is 0 Å². The van der Waals surface area contributed by atoms with Crippen molar-refractivity contribution in [1.82, 2.24) is 4.98 Å². The highest BCUT2D eigenvalue weighted by molar-refractivity contribution is 9.10. The summed E-state index contributed by atoms with van der Waals surface area (Å²) >= 11 is 3.51. The van der Waals surface area contributed by atoms with Gasteiger partial charge >= 0.3 is 0 Å². The summed E-state index contributed by atoms with van der Waals surface area (Å²) in [5.74, 6) is 0. The topological polar surface area (TPSA) is 50.9 Å². The number of pyridine rings is 1. The average Bonchev–Trinajstić information content (AvgIpc) is 2.33. The lowest BCUT2D eigenvalue weighted by molar-refractivity contribution is 0.512. The van der Waals surface area contributed by atoms with Gasteiger partial charge in [-0.2, -0.15) is 0 Å². The summed E-state index contributed by atoms with van der Waals surface area (Å²) in [5.41, 5.74) is 8.73. The van der Waals surface area contributed by atoms with Crippen LogP contribution < -0.4 is 11.1 Å². The molecule has 3 N–H and O–H groups in total. The molecule has 1 heterocycles. The summed E-state index contributed by atoms with van der Waals surface area (Å²) in [4.78, 5) is 4.37. The molecule has 0 amide bonds. The van der Waals surface area contributed by atoms with Gasteiger partial charge in [-0.05, 0) is 38.5 Å². The van der Waals surface area contributed by atoms with Crippen LogP contribution in [0.2, 0.25) is 0 Å². The third-order valence-corrected chi connectivity index (χ3v) is 3.69. The molecule has 0 aliphatic heterocycles. The Kier molecular flexibility index (Phi) is 3.99. The Balaban J connectivity index is 2.52. The molecule has 0 aliphatic carbocycles. The van der Waals surface area contributed by atoms with Crippen LogP contribution in [0.25, 0.3) is 10.9 Å². The molecule has 0 unspecified atom stereocenters. The molecular formula is C15H20BrN3. The van der Waals surface area contributed by atoms with Crippen LogP contribution in [-0.2, 0) is 0 Å². The van der Waals surface area contributed by atoms with Gasteiger partial charge in [0.15, 0.2) is 0 Å². The van der Waals surface area contributed by atoms with Gasteiger partial charge in [0.1, 0.15) is 0 Å². The van der Waals surface area contributed by atoms with Crippen molar-refractivity contribution in [3.8, 4) is 0 Å². The number of halogens is 1. The normalized spacial score (nSPS) is 11.8. The van der Waals surface area contributed by atoms with Gasteiger partial charge < -0.3 is 11.1 Å². The molecular weight excluding hydrogens is 302 g/mol. The van der Waals surface area contributed by atoms with E-state index in [2.05, 4.69) is 53.1 Å². The Morgan fingerprint density at radius 2 is 2.11 bits per heavy atom. The number of nitrogen functional groups attached to an aromatic ring is 1. The highest BCUT2D eigenvalue weighted by Gasteiger charge is 2.19. The molecule has 19 heavy (non-hydrogen) atoms. The average molecular weight is 322 g/mol. The second kappa shape index (κ2) is 5.37. The Hall–Kier alpha value is -1.29. The summed E-state index contributed by atoms with van der Waals surface area (Å²) in [6.07, 6.45) is 3.94. The second-order valence-electron chi connectivity index (χ2n) is 5.51. The quantitative estimate of drug-likeness (QED) is 0.867. The molecule has 1 aromatic heterocycles. The zero-order valence-electron chi connectivity index (χ0n) is 11.6. The number of nitrogens with one attached hydrogen (secondary N) is 1. The minimum absolute atomic E-state index is 0.0134. The number of anilines is 2. The molecule has 2 aromatic rings. The predicted octanol–water partition coefficient (Wildman–Crippen LogP) is 4.57. The zero-order chi connectivity index (χ0) is 14.0. The largest absolute Gasteiger partial charge is 0.396 e. The van der Waals surface area contributed by atoms with E-state index in [-0.39, 0.29) is 5.54 Å². The Morgan fingerprint density at radius 3 is 2.79 bits per heavy atom. The van der Waals surface area contributed by atoms with Crippen LogP contribution in [0, 0.1) is 0 Å². The number of benzene rings is 1. The lowest BCUT2D eigenvalue weighted by Crippen LogP contribution is -2.31. The fraction of sp³-hybridized carbons (Fsp3) is 0.400. The maximum absolute atomic E-state index is 6.10. The van der Waals surface area contributed by atoms with E-state index in [0.717, 1.165) is 33.9 Å². The molecule has 0 radical (unpaired) electrons. The minimum atomic E-state index is 0.0134. The van der Waals surface area contributed by atoms with Crippen molar-refractivity contribution in [1.29, 1.82) is 0 Å². The van der Waals surface area contributed by atoms with Gasteiger partial charge in [-0.15, -0.1) is 0 Å². The molecule has 2 rings (SSSR count). The SMILES string of the molecule is CCCC(C)(C)Nc1c(N)cnc2ccc(Br)cc12. The summed E-state index contributed by atoms with van der Waals surface area (Å²) in [5, 5.41) is 4.63. The molecule has 0 saturated heterocycles. The van der Waals surface area contributed by atoms with Crippen molar-refractivity contribution < 1.29 is 0 Å². The summed E-state index contributed by atoms with van der Waals surface area (Å²) in [6, 6.07) is 6.05. The standard InChI is InChI=1S/C15H20BrN3/c1-4-7-15(2,3)19-14-11-8-10(16)5-6-13(11)18-9-12(14)17/h5-6,8-9H,4,7,17H2,1-3H3,(H,18,19). The zero-order valence-corrected chi connectivity index (χ0v) is 13.2. The summed E-state index contributed by atoms with van der Waals surface area (Å²) in [7, 11) is 0. The van der Waals surface area contributed by atoms with E-state index in [1.807, 2.05) is 12.1 Å². The smallest absolute Gasteiger partial charge is 0.0743 e. The third-order valence-electron chi connectivity index (χ3n) is 3.20. The third kappa shape index (κ3) is 3.18. The Bertz CT molecular complexity index is 588. The van der Waals surface area contributed by atoms with Crippen LogP contribution >= 0.6 is 15.9 Å². The van der Waals surface area contributed by atoms with Gasteiger partial charge in [0.2, 0.25) is 0 Å². The molecule has 4 heteroatoms. The van der Waals surface area contributed by atoms with Crippen LogP contribution in [0.15, 0.2) is 28.9 Å². The van der Waals surface area contributed by atoms with Crippen molar-refractivity contribution in [2.75, 3.05) is 11.1 Å². The Labute approximate surface area is 122 Å². The fourth-order valence-electron chi connectivity index (χ4n) is 2.35. The van der Waals surface area contributed by atoms with Crippen molar-refractivity contribution in [3.05, 3.63) is 28.9 Å². The first-order chi connectivity index (χ1) is 8.93. The van der Waals surface area contributed by atoms with Gasteiger partial charge in [-0.1, -0.05) is 29.3 Å². The molecule has 0 bridgehead atoms. The van der Waals surface area contributed by atoms with E-state index in [4.69, 9.17) is 5.73 Å². The van der Waals surface area contributed by atoms with E-state index in [0.29, 0.717) is 5.69 Å². The number of nitrogens with zero attached hydrogens (tertiary/aromatic N) is 1. The van der Waals surface area contributed by atoms with Crippen LogP contribution in [0.4, 0.5) is 11.4 Å². The highest BCUT2D eigenvalue weighted by Crippen LogP contribution is 2.33. The molecule has 0 spiro atoms. The maximum Gasteiger partial charge on any atom is 0.0743 e. The first-order valence-corrected chi connectivity index (χ1v) is 7.34. The second-order valence-corrected chi connectivity index (χ2v) is 6.42. The van der Waals surface area contributed by atoms with Crippen molar-refractivity contribution >= 4 is 38.2 Å². The van der Waals surface area contributed by atoms with Crippen molar-refractivity contribution in [2.45, 2.75) is 39.2 Å². The van der Waals surface area contributed by atoms with E-state index in [9.17, 15) is 0 Å². The molecule has 102 valence electrons. The molecule has 1 aromatic carbocycles. The van der Waals surface area contributed by atoms with Gasteiger partial charge in [0, 0.05) is 15.4 Å². The molecule has 0 atom stereocenters. The first kappa shape index (κ1) is 14.1. The number of hydrogen-bond donors (Lipinski definition) is 2. The number of hydrogen-bond acceptors (Lipinski definition) is 3. The Morgan fingerprint density at radius 1 is 1.37 bits per heavy atom. The van der Waals surface area contributed by atoms with Crippen LogP contribution in [0.3, 0.4) is 0 Å². The van der Waals surface area contributed by atoms with E-state index >= 15 is 0 Å². The summed E-state index contributed by atoms with van der Waals surface area (Å²) < 4.78 is 1.03. The van der Waals surface area contributed by atoms with Gasteiger partial charge in [0.05, 0.1) is 23.1 Å². The highest BCUT2D eigenvalue weighted by atomic mass is 79.9. The molecule has 0 saturated carbocycles. The first-order valence-electron chi connectivity index (χ1n) is 6.55. The number of fused-ring (bicyclic) bond motifs is 1. The predicted molar refractivity (Wildman–Crippen MR) is 86.5 cm³/mol. The minimum Gasteiger partial charge on any atom is -0.396 e. The number of rotatable bonds is 4. The monoisotopic (exact) mass is 321 g/mol. The van der Waals surface area contributed by atoms with Gasteiger partial charge in [-0.25, -0.2) is 0 Å². The lowest BCUT2D eigenvalue weighted by atomic mass is 9.97. The van der Waals surface area contributed by atoms with Crippen LogP contribution in [0.1, 0.15) is 33.6 Å². The van der Waals surface area contributed by atoms with E-state index < -0.39 is 0 Å². The van der Waals surface area contributed by atoms with Gasteiger partial charge in [0.25, 0.3) is 0 Å². The van der Waals surface area contributed by atoms with Crippen LogP contribution in [0.5, 0.6) is 0 Å². The van der Waals surface area contributed by atoms with Crippen molar-refractivity contribution in [3.63, 3.8) is 0 Å². The molecule has 3 nitrogen and oxygen atoms in total. The molecule has 0 fully saturated rings. The maximum atomic E-state index is 6.10. The lowest BCUT2D eigenvalue weighted by Gasteiger charge is -2.28. The van der Waals surface area contributed by atoms with E-state index in [1.54, 1.807) is 6.20 Å². The number of aromatic nitrogens is 1. The fourth-order valence-corrected chi connectivity index (χ4v) is 2.71. The van der Waals surface area contributed by atoms with Crippen molar-refractivity contribution in [2.24, 2.45) is 0 Å². The molecule has 0 aliphatic rings.